The van der Waals surface area contributed by atoms with E-state index < -0.39 is 11.6 Å². The first-order valence-electron chi connectivity index (χ1n) is 8.86. The molecule has 2 aliphatic heterocycles. The Balaban J connectivity index is 1.61. The number of hydrogen-bond acceptors (Lipinski definition) is 4. The van der Waals surface area contributed by atoms with E-state index in [2.05, 4.69) is 5.32 Å². The number of imide groups is 1. The van der Waals surface area contributed by atoms with Crippen LogP contribution in [0.2, 0.25) is 10.0 Å². The number of nitrogens with zero attached hydrogens (tertiary/aromatic N) is 1. The number of fused-ring (bicyclic) bond motifs is 1. The highest BCUT2D eigenvalue weighted by atomic mass is 35.5. The van der Waals surface area contributed by atoms with Crippen LogP contribution < -0.4 is 14.8 Å². The van der Waals surface area contributed by atoms with Crippen molar-refractivity contribution in [1.82, 2.24) is 10.2 Å². The molecule has 0 saturated carbocycles. The van der Waals surface area contributed by atoms with Gasteiger partial charge in [-0.3, -0.25) is 9.69 Å². The second kappa shape index (κ2) is 7.18. The zero-order valence-corrected chi connectivity index (χ0v) is 16.6. The molecule has 28 heavy (non-hydrogen) atoms. The number of ether oxygens (including phenoxy) is 2. The number of carbonyl (C=O) groups excluding carboxylic acids is 2. The van der Waals surface area contributed by atoms with Gasteiger partial charge in [-0.1, -0.05) is 35.3 Å². The maximum absolute atomic E-state index is 13.1. The number of rotatable bonds is 3. The zero-order valence-electron chi connectivity index (χ0n) is 15.1. The van der Waals surface area contributed by atoms with Gasteiger partial charge in [0.05, 0.1) is 24.8 Å². The minimum atomic E-state index is -1.16. The van der Waals surface area contributed by atoms with Crippen LogP contribution in [0.5, 0.6) is 11.5 Å². The lowest BCUT2D eigenvalue weighted by Crippen LogP contribution is -2.40. The molecule has 1 N–H and O–H groups in total. The van der Waals surface area contributed by atoms with Gasteiger partial charge in [-0.05, 0) is 42.3 Å². The lowest BCUT2D eigenvalue weighted by molar-refractivity contribution is -0.131. The molecule has 6 nitrogen and oxygen atoms in total. The summed E-state index contributed by atoms with van der Waals surface area (Å²) < 4.78 is 11.3. The van der Waals surface area contributed by atoms with Crippen molar-refractivity contribution < 1.29 is 19.1 Å². The second-order valence-electron chi connectivity index (χ2n) is 6.91. The van der Waals surface area contributed by atoms with Crippen molar-refractivity contribution in [3.63, 3.8) is 0 Å². The topological polar surface area (TPSA) is 67.9 Å². The molecular weight excluding hydrogens is 403 g/mol. The van der Waals surface area contributed by atoms with Gasteiger partial charge in [0, 0.05) is 11.4 Å². The van der Waals surface area contributed by atoms with Gasteiger partial charge in [0.25, 0.3) is 5.91 Å². The predicted octanol–water partition coefficient (Wildman–Crippen LogP) is 4.12. The average Bonchev–Trinajstić information content (AvgIpc) is 2.84. The van der Waals surface area contributed by atoms with Crippen molar-refractivity contribution in [2.24, 2.45) is 0 Å². The molecule has 3 amide bonds. The van der Waals surface area contributed by atoms with Gasteiger partial charge >= 0.3 is 6.03 Å². The van der Waals surface area contributed by atoms with Gasteiger partial charge in [0.2, 0.25) is 0 Å². The van der Waals surface area contributed by atoms with E-state index in [9.17, 15) is 9.59 Å². The van der Waals surface area contributed by atoms with Crippen LogP contribution in [0.15, 0.2) is 36.4 Å². The number of amides is 3. The number of nitrogens with one attached hydrogen (secondary N) is 1. The molecule has 146 valence electrons. The second-order valence-corrected chi connectivity index (χ2v) is 7.75. The smallest absolute Gasteiger partial charge is 0.325 e. The number of urea groups is 1. The van der Waals surface area contributed by atoms with Crippen LogP contribution in [-0.4, -0.2) is 30.1 Å². The lowest BCUT2D eigenvalue weighted by atomic mass is 9.92. The Hall–Kier alpha value is -2.44. The molecule has 1 atom stereocenters. The molecule has 2 aromatic rings. The Bertz CT molecular complexity index is 948. The lowest BCUT2D eigenvalue weighted by Gasteiger charge is -2.22. The van der Waals surface area contributed by atoms with Gasteiger partial charge in [-0.15, -0.1) is 0 Å². The molecule has 0 unspecified atom stereocenters. The number of halogens is 2. The fraction of sp³-hybridized carbons (Fsp3) is 0.300. The Kier molecular flexibility index (Phi) is 4.85. The zero-order chi connectivity index (χ0) is 19.9. The van der Waals surface area contributed by atoms with E-state index >= 15 is 0 Å². The summed E-state index contributed by atoms with van der Waals surface area (Å²) in [5.41, 5.74) is 0.184. The van der Waals surface area contributed by atoms with Crippen LogP contribution in [-0.2, 0) is 16.9 Å². The molecule has 2 heterocycles. The molecule has 0 aromatic heterocycles. The standard InChI is InChI=1S/C20H18Cl2N2O4/c1-20(13-3-5-14(21)6-4-13)18(25)24(19(26)23-20)11-12-9-15(22)17-16(10-12)27-7-2-8-28-17/h3-6,9-10H,2,7-8,11H2,1H3,(H,23,26)/t20-/m0/s1. The molecule has 0 spiro atoms. The van der Waals surface area contributed by atoms with Crippen LogP contribution in [0.3, 0.4) is 0 Å². The first-order valence-corrected chi connectivity index (χ1v) is 9.62. The summed E-state index contributed by atoms with van der Waals surface area (Å²) in [6.07, 6.45) is 0.757. The largest absolute Gasteiger partial charge is 0.489 e. The Labute approximate surface area is 172 Å². The summed E-state index contributed by atoms with van der Waals surface area (Å²) in [7, 11) is 0. The molecule has 1 saturated heterocycles. The van der Waals surface area contributed by atoms with Crippen molar-refractivity contribution in [2.45, 2.75) is 25.4 Å². The SMILES string of the molecule is C[C@@]1(c2ccc(Cl)cc2)NC(=O)N(Cc2cc(Cl)c3c(c2)OCCCO3)C1=O. The van der Waals surface area contributed by atoms with E-state index in [4.69, 9.17) is 32.7 Å². The number of carbonyl (C=O) groups is 2. The molecule has 2 aliphatic rings. The third kappa shape index (κ3) is 3.27. The highest BCUT2D eigenvalue weighted by Gasteiger charge is 2.48. The Morgan fingerprint density at radius 3 is 2.57 bits per heavy atom. The summed E-state index contributed by atoms with van der Waals surface area (Å²) in [5, 5.41) is 3.73. The molecule has 0 bridgehead atoms. The highest BCUT2D eigenvalue weighted by molar-refractivity contribution is 6.32. The summed E-state index contributed by atoms with van der Waals surface area (Å²) >= 11 is 12.3. The third-order valence-corrected chi connectivity index (χ3v) is 5.43. The van der Waals surface area contributed by atoms with Gasteiger partial charge in [-0.2, -0.15) is 0 Å². The van der Waals surface area contributed by atoms with Gasteiger partial charge in [0.1, 0.15) is 5.54 Å². The monoisotopic (exact) mass is 420 g/mol. The van der Waals surface area contributed by atoms with Crippen LogP contribution in [0.1, 0.15) is 24.5 Å². The normalized spacial score (nSPS) is 21.5. The van der Waals surface area contributed by atoms with Crippen LogP contribution in [0.4, 0.5) is 4.79 Å². The van der Waals surface area contributed by atoms with Crippen molar-refractivity contribution in [2.75, 3.05) is 13.2 Å². The van der Waals surface area contributed by atoms with Gasteiger partial charge in [-0.25, -0.2) is 4.79 Å². The van der Waals surface area contributed by atoms with Crippen molar-refractivity contribution in [3.05, 3.63) is 57.6 Å². The molecule has 0 aliphatic carbocycles. The number of benzene rings is 2. The average molecular weight is 421 g/mol. The highest BCUT2D eigenvalue weighted by Crippen LogP contribution is 2.39. The quantitative estimate of drug-likeness (QED) is 0.758. The van der Waals surface area contributed by atoms with E-state index in [-0.39, 0.29) is 12.5 Å². The molecular formula is C20H18Cl2N2O4. The molecule has 4 rings (SSSR count). The van der Waals surface area contributed by atoms with Crippen LogP contribution >= 0.6 is 23.2 Å². The van der Waals surface area contributed by atoms with Crippen molar-refractivity contribution in [1.29, 1.82) is 0 Å². The summed E-state index contributed by atoms with van der Waals surface area (Å²) in [6, 6.07) is 9.81. The molecule has 0 radical (unpaired) electrons. The summed E-state index contributed by atoms with van der Waals surface area (Å²) in [6.45, 7) is 2.80. The minimum absolute atomic E-state index is 0.0736. The fourth-order valence-electron chi connectivity index (χ4n) is 3.38. The minimum Gasteiger partial charge on any atom is -0.489 e. The fourth-order valence-corrected chi connectivity index (χ4v) is 3.79. The maximum atomic E-state index is 13.1. The van der Waals surface area contributed by atoms with Crippen LogP contribution in [0.25, 0.3) is 0 Å². The van der Waals surface area contributed by atoms with E-state index in [1.807, 2.05) is 0 Å². The first kappa shape index (κ1) is 18.9. The number of hydrogen-bond donors (Lipinski definition) is 1. The van der Waals surface area contributed by atoms with Crippen molar-refractivity contribution in [3.8, 4) is 11.5 Å². The maximum Gasteiger partial charge on any atom is 0.325 e. The van der Waals surface area contributed by atoms with E-state index in [1.54, 1.807) is 43.3 Å². The van der Waals surface area contributed by atoms with E-state index in [1.165, 1.54) is 4.90 Å². The molecule has 1 fully saturated rings. The van der Waals surface area contributed by atoms with Gasteiger partial charge in [0.15, 0.2) is 11.5 Å². The summed E-state index contributed by atoms with van der Waals surface area (Å²) in [4.78, 5) is 26.8. The summed E-state index contributed by atoms with van der Waals surface area (Å²) in [5.74, 6) is 0.668. The molecule has 2 aromatic carbocycles. The van der Waals surface area contributed by atoms with Crippen LogP contribution in [0, 0.1) is 0 Å². The van der Waals surface area contributed by atoms with Crippen molar-refractivity contribution >= 4 is 35.1 Å². The first-order chi connectivity index (χ1) is 13.4. The van der Waals surface area contributed by atoms with Gasteiger partial charge < -0.3 is 14.8 Å². The third-order valence-electron chi connectivity index (χ3n) is 4.90. The van der Waals surface area contributed by atoms with E-state index in [0.29, 0.717) is 45.9 Å². The van der Waals surface area contributed by atoms with E-state index in [0.717, 1.165) is 6.42 Å². The predicted molar refractivity (Wildman–Crippen MR) is 105 cm³/mol. The Morgan fingerprint density at radius 1 is 1.11 bits per heavy atom. The molecule has 8 heteroatoms. The Morgan fingerprint density at radius 2 is 1.82 bits per heavy atom.